The average Bonchev–Trinajstić information content (AvgIpc) is 3.01. The molecule has 1 atom stereocenters. The van der Waals surface area contributed by atoms with E-state index in [9.17, 15) is 4.79 Å². The summed E-state index contributed by atoms with van der Waals surface area (Å²) in [5, 5.41) is 0. The van der Waals surface area contributed by atoms with Crippen molar-refractivity contribution in [1.82, 2.24) is 14.9 Å². The number of anilines is 1. The maximum absolute atomic E-state index is 12.7. The van der Waals surface area contributed by atoms with E-state index in [1.807, 2.05) is 68.1 Å². The number of rotatable bonds is 4. The number of hydrogen-bond acceptors (Lipinski definition) is 5. The van der Waals surface area contributed by atoms with E-state index >= 15 is 0 Å². The normalized spacial score (nSPS) is 16.8. The first-order valence-electron chi connectivity index (χ1n) is 8.48. The Labute approximate surface area is 148 Å². The van der Waals surface area contributed by atoms with E-state index < -0.39 is 0 Å². The Morgan fingerprint density at radius 2 is 1.92 bits per heavy atom. The van der Waals surface area contributed by atoms with Crippen molar-refractivity contribution in [3.05, 3.63) is 47.3 Å². The number of aryl methyl sites for hydroxylation is 2. The second kappa shape index (κ2) is 7.09. The molecule has 0 bridgehead atoms. The molecule has 1 saturated heterocycles. The summed E-state index contributed by atoms with van der Waals surface area (Å²) in [7, 11) is 3.93. The molecule has 0 N–H and O–H groups in total. The highest BCUT2D eigenvalue weighted by molar-refractivity contribution is 5.95. The fraction of sp³-hybridized carbons (Fsp3) is 0.421. The second-order valence-corrected chi connectivity index (χ2v) is 6.66. The van der Waals surface area contributed by atoms with Crippen LogP contribution in [-0.4, -0.2) is 54.1 Å². The van der Waals surface area contributed by atoms with Gasteiger partial charge in [0, 0.05) is 49.7 Å². The number of benzene rings is 1. The molecule has 25 heavy (non-hydrogen) atoms. The zero-order chi connectivity index (χ0) is 18.0. The minimum Gasteiger partial charge on any atom is -0.458 e. The molecule has 0 spiro atoms. The number of likely N-dealkylation sites (tertiary alicyclic amines) is 1. The summed E-state index contributed by atoms with van der Waals surface area (Å²) in [6, 6.07) is 9.99. The molecule has 132 valence electrons. The van der Waals surface area contributed by atoms with Crippen LogP contribution in [0.15, 0.2) is 30.3 Å². The fourth-order valence-corrected chi connectivity index (χ4v) is 3.00. The lowest BCUT2D eigenvalue weighted by Crippen LogP contribution is -2.31. The molecule has 1 aliphatic heterocycles. The molecule has 3 rings (SSSR count). The summed E-state index contributed by atoms with van der Waals surface area (Å²) in [4.78, 5) is 25.2. The molecule has 6 nitrogen and oxygen atoms in total. The number of carbonyl (C=O) groups is 1. The summed E-state index contributed by atoms with van der Waals surface area (Å²) in [6.45, 7) is 5.08. The molecule has 0 saturated carbocycles. The molecule has 2 heterocycles. The Morgan fingerprint density at radius 1 is 1.20 bits per heavy atom. The number of ether oxygens (including phenoxy) is 1. The molecular formula is C19H24N4O2. The van der Waals surface area contributed by atoms with Crippen molar-refractivity contribution in [3.63, 3.8) is 0 Å². The number of aromatic nitrogens is 2. The largest absolute Gasteiger partial charge is 0.458 e. The van der Waals surface area contributed by atoms with Crippen molar-refractivity contribution in [1.29, 1.82) is 0 Å². The van der Waals surface area contributed by atoms with E-state index in [2.05, 4.69) is 9.97 Å². The molecule has 6 heteroatoms. The Morgan fingerprint density at radius 3 is 2.60 bits per heavy atom. The van der Waals surface area contributed by atoms with E-state index in [1.165, 1.54) is 0 Å². The van der Waals surface area contributed by atoms with Crippen LogP contribution in [0.3, 0.4) is 0 Å². The van der Waals surface area contributed by atoms with Crippen molar-refractivity contribution in [3.8, 4) is 6.01 Å². The number of hydrogen-bond donors (Lipinski definition) is 0. The van der Waals surface area contributed by atoms with Gasteiger partial charge in [0.1, 0.15) is 6.10 Å². The first kappa shape index (κ1) is 17.2. The lowest BCUT2D eigenvalue weighted by atomic mass is 10.1. The van der Waals surface area contributed by atoms with Gasteiger partial charge in [0.15, 0.2) is 0 Å². The van der Waals surface area contributed by atoms with Crippen LogP contribution in [0.5, 0.6) is 6.01 Å². The Bertz CT molecular complexity index is 756. The summed E-state index contributed by atoms with van der Waals surface area (Å²) < 4.78 is 5.89. The molecule has 1 fully saturated rings. The lowest BCUT2D eigenvalue weighted by molar-refractivity contribution is 0.0769. The minimum atomic E-state index is -0.0674. The van der Waals surface area contributed by atoms with E-state index in [0.717, 1.165) is 23.5 Å². The third-order valence-electron chi connectivity index (χ3n) is 4.28. The van der Waals surface area contributed by atoms with E-state index in [0.29, 0.717) is 24.7 Å². The van der Waals surface area contributed by atoms with Gasteiger partial charge in [-0.15, -0.1) is 0 Å². The van der Waals surface area contributed by atoms with Gasteiger partial charge >= 0.3 is 6.01 Å². The Kier molecular flexibility index (Phi) is 4.88. The van der Waals surface area contributed by atoms with Gasteiger partial charge in [-0.2, -0.15) is 0 Å². The Balaban J connectivity index is 1.66. The van der Waals surface area contributed by atoms with Gasteiger partial charge in [-0.1, -0.05) is 6.07 Å². The molecule has 1 aromatic carbocycles. The van der Waals surface area contributed by atoms with Gasteiger partial charge in [-0.05, 0) is 38.1 Å². The predicted molar refractivity (Wildman–Crippen MR) is 97.2 cm³/mol. The molecular weight excluding hydrogens is 316 g/mol. The fourth-order valence-electron chi connectivity index (χ4n) is 3.00. The minimum absolute atomic E-state index is 0.0381. The average molecular weight is 340 g/mol. The predicted octanol–water partition coefficient (Wildman–Crippen LogP) is 2.45. The van der Waals surface area contributed by atoms with Crippen molar-refractivity contribution >= 4 is 11.6 Å². The topological polar surface area (TPSA) is 58.6 Å². The highest BCUT2D eigenvalue weighted by atomic mass is 16.5. The van der Waals surface area contributed by atoms with Gasteiger partial charge in [0.2, 0.25) is 0 Å². The van der Waals surface area contributed by atoms with E-state index in [1.54, 1.807) is 0 Å². The monoisotopic (exact) mass is 340 g/mol. The highest BCUT2D eigenvalue weighted by Crippen LogP contribution is 2.20. The highest BCUT2D eigenvalue weighted by Gasteiger charge is 2.29. The van der Waals surface area contributed by atoms with E-state index in [4.69, 9.17) is 4.74 Å². The maximum atomic E-state index is 12.7. The smallest absolute Gasteiger partial charge is 0.317 e. The standard InChI is InChI=1S/C19H24N4O2/c1-13-10-14(2)21-19(20-13)25-17-8-9-23(12-17)18(24)15-6-5-7-16(11-15)22(3)4/h5-7,10-11,17H,8-9,12H2,1-4H3/t17-/m1/s1. The summed E-state index contributed by atoms with van der Waals surface area (Å²) in [5.74, 6) is 0.0381. The summed E-state index contributed by atoms with van der Waals surface area (Å²) in [6.07, 6.45) is 0.720. The zero-order valence-corrected chi connectivity index (χ0v) is 15.2. The van der Waals surface area contributed by atoms with Crippen molar-refractivity contribution in [2.24, 2.45) is 0 Å². The SMILES string of the molecule is Cc1cc(C)nc(O[C@@H]2CCN(C(=O)c3cccc(N(C)C)c3)C2)n1. The van der Waals surface area contributed by atoms with E-state index in [-0.39, 0.29) is 12.0 Å². The van der Waals surface area contributed by atoms with Gasteiger partial charge in [0.05, 0.1) is 6.54 Å². The van der Waals surface area contributed by atoms with Crippen LogP contribution in [-0.2, 0) is 0 Å². The number of carbonyl (C=O) groups excluding carboxylic acids is 1. The molecule has 0 aliphatic carbocycles. The molecule has 0 unspecified atom stereocenters. The molecule has 1 aliphatic rings. The lowest BCUT2D eigenvalue weighted by Gasteiger charge is -2.18. The maximum Gasteiger partial charge on any atom is 0.317 e. The van der Waals surface area contributed by atoms with Crippen LogP contribution in [0.25, 0.3) is 0 Å². The van der Waals surface area contributed by atoms with Crippen LogP contribution in [0.4, 0.5) is 5.69 Å². The van der Waals surface area contributed by atoms with Crippen molar-refractivity contribution < 1.29 is 9.53 Å². The number of amides is 1. The first-order chi connectivity index (χ1) is 11.9. The molecule has 2 aromatic rings. The van der Waals surface area contributed by atoms with Crippen LogP contribution < -0.4 is 9.64 Å². The van der Waals surface area contributed by atoms with Crippen LogP contribution in [0, 0.1) is 13.8 Å². The molecule has 0 radical (unpaired) electrons. The first-order valence-corrected chi connectivity index (χ1v) is 8.48. The van der Waals surface area contributed by atoms with Crippen LogP contribution >= 0.6 is 0 Å². The zero-order valence-electron chi connectivity index (χ0n) is 15.2. The van der Waals surface area contributed by atoms with Gasteiger partial charge in [-0.3, -0.25) is 4.79 Å². The van der Waals surface area contributed by atoms with Crippen molar-refractivity contribution in [2.45, 2.75) is 26.4 Å². The third-order valence-corrected chi connectivity index (χ3v) is 4.28. The van der Waals surface area contributed by atoms with Crippen LogP contribution in [0.2, 0.25) is 0 Å². The van der Waals surface area contributed by atoms with Gasteiger partial charge in [0.25, 0.3) is 5.91 Å². The second-order valence-electron chi connectivity index (χ2n) is 6.66. The molecule has 1 aromatic heterocycles. The van der Waals surface area contributed by atoms with Crippen molar-refractivity contribution in [2.75, 3.05) is 32.1 Å². The third kappa shape index (κ3) is 4.07. The van der Waals surface area contributed by atoms with Crippen LogP contribution in [0.1, 0.15) is 28.2 Å². The number of nitrogens with zero attached hydrogens (tertiary/aromatic N) is 4. The summed E-state index contributed by atoms with van der Waals surface area (Å²) >= 11 is 0. The molecule has 1 amide bonds. The summed E-state index contributed by atoms with van der Waals surface area (Å²) in [5.41, 5.74) is 3.49. The van der Waals surface area contributed by atoms with Gasteiger partial charge < -0.3 is 14.5 Å². The van der Waals surface area contributed by atoms with Gasteiger partial charge in [-0.25, -0.2) is 9.97 Å². The Hall–Kier alpha value is -2.63. The quantitative estimate of drug-likeness (QED) is 0.856.